The van der Waals surface area contributed by atoms with Gasteiger partial charge in [0.25, 0.3) is 11.6 Å². The van der Waals surface area contributed by atoms with Crippen molar-refractivity contribution in [1.29, 1.82) is 0 Å². The van der Waals surface area contributed by atoms with Crippen LogP contribution in [-0.2, 0) is 10.5 Å². The Morgan fingerprint density at radius 1 is 1.18 bits per heavy atom. The molecule has 0 saturated carbocycles. The fourth-order valence-corrected chi connectivity index (χ4v) is 6.23. The molecule has 1 aliphatic rings. The van der Waals surface area contributed by atoms with Crippen molar-refractivity contribution in [3.8, 4) is 0 Å². The van der Waals surface area contributed by atoms with E-state index >= 15 is 0 Å². The Morgan fingerprint density at radius 3 is 2.61 bits per heavy atom. The number of thioether (sulfide) groups is 1. The Balaban J connectivity index is 1.49. The minimum Gasteiger partial charge on any atom is -0.503 e. The maximum absolute atomic E-state index is 13.3. The SMILES string of the molecule is O=C(C1=C(O)C(=O)N(c2nnc(SCc3ccc(Cl)cc3Cl)s2)C1c1ccc([N+](=O)[O-])cc1)c1ccco1. The van der Waals surface area contributed by atoms with Gasteiger partial charge in [-0.05, 0) is 47.5 Å². The molecule has 0 aliphatic carbocycles. The first-order valence-electron chi connectivity index (χ1n) is 10.7. The molecule has 14 heteroatoms. The third-order valence-corrected chi connectivity index (χ3v) is 8.28. The summed E-state index contributed by atoms with van der Waals surface area (Å²) in [7, 11) is 0. The van der Waals surface area contributed by atoms with Crippen LogP contribution in [0.15, 0.2) is 80.9 Å². The van der Waals surface area contributed by atoms with E-state index in [0.717, 1.165) is 21.8 Å². The number of carbonyl (C=O) groups is 2. The summed E-state index contributed by atoms with van der Waals surface area (Å²) >= 11 is 14.6. The van der Waals surface area contributed by atoms with Crippen molar-refractivity contribution in [2.75, 3.05) is 4.90 Å². The molecule has 2 aromatic heterocycles. The molecular weight excluding hydrogens is 575 g/mol. The second-order valence-electron chi connectivity index (χ2n) is 7.87. The predicted octanol–water partition coefficient (Wildman–Crippen LogP) is 6.42. The van der Waals surface area contributed by atoms with Gasteiger partial charge in [0.2, 0.25) is 10.9 Å². The number of nitro groups is 1. The number of aliphatic hydroxyl groups excluding tert-OH is 1. The maximum Gasteiger partial charge on any atom is 0.296 e. The zero-order chi connectivity index (χ0) is 27.0. The Kier molecular flexibility index (Phi) is 7.21. The molecule has 1 unspecified atom stereocenters. The van der Waals surface area contributed by atoms with E-state index < -0.39 is 28.4 Å². The van der Waals surface area contributed by atoms with Gasteiger partial charge in [-0.2, -0.15) is 0 Å². The number of hydrogen-bond acceptors (Lipinski definition) is 10. The predicted molar refractivity (Wildman–Crippen MR) is 142 cm³/mol. The highest BCUT2D eigenvalue weighted by atomic mass is 35.5. The normalized spacial score (nSPS) is 15.4. The van der Waals surface area contributed by atoms with E-state index in [-0.39, 0.29) is 22.2 Å². The van der Waals surface area contributed by atoms with Crippen LogP contribution in [0.5, 0.6) is 0 Å². The first-order valence-corrected chi connectivity index (χ1v) is 13.3. The summed E-state index contributed by atoms with van der Waals surface area (Å²) in [6.07, 6.45) is 1.29. The molecule has 2 aromatic carbocycles. The molecule has 1 aliphatic heterocycles. The van der Waals surface area contributed by atoms with Crippen LogP contribution in [0.4, 0.5) is 10.8 Å². The maximum atomic E-state index is 13.3. The number of amides is 1. The van der Waals surface area contributed by atoms with E-state index in [0.29, 0.717) is 25.7 Å². The lowest BCUT2D eigenvalue weighted by atomic mass is 9.95. The van der Waals surface area contributed by atoms with Crippen LogP contribution in [0.25, 0.3) is 0 Å². The molecule has 0 fully saturated rings. The second kappa shape index (κ2) is 10.6. The van der Waals surface area contributed by atoms with Gasteiger partial charge in [-0.25, -0.2) is 0 Å². The van der Waals surface area contributed by atoms with Gasteiger partial charge in [-0.15, -0.1) is 10.2 Å². The van der Waals surface area contributed by atoms with Crippen LogP contribution >= 0.6 is 46.3 Å². The van der Waals surface area contributed by atoms with Crippen molar-refractivity contribution in [2.24, 2.45) is 0 Å². The van der Waals surface area contributed by atoms with Crippen LogP contribution < -0.4 is 4.90 Å². The summed E-state index contributed by atoms with van der Waals surface area (Å²) in [5, 5.41) is 31.3. The van der Waals surface area contributed by atoms with E-state index in [4.69, 9.17) is 27.6 Å². The van der Waals surface area contributed by atoms with Crippen molar-refractivity contribution in [1.82, 2.24) is 10.2 Å². The molecule has 3 heterocycles. The lowest BCUT2D eigenvalue weighted by molar-refractivity contribution is -0.384. The monoisotopic (exact) mass is 588 g/mol. The van der Waals surface area contributed by atoms with Gasteiger partial charge in [0, 0.05) is 27.9 Å². The number of carbonyl (C=O) groups excluding carboxylic acids is 2. The molecule has 1 atom stereocenters. The first-order chi connectivity index (χ1) is 18.2. The van der Waals surface area contributed by atoms with Gasteiger partial charge in [0.05, 0.1) is 22.8 Å². The summed E-state index contributed by atoms with van der Waals surface area (Å²) in [4.78, 5) is 38.2. The number of furan rings is 1. The van der Waals surface area contributed by atoms with Crippen molar-refractivity contribution in [2.45, 2.75) is 16.1 Å². The van der Waals surface area contributed by atoms with E-state index in [1.54, 1.807) is 18.2 Å². The molecule has 38 heavy (non-hydrogen) atoms. The lowest BCUT2D eigenvalue weighted by Crippen LogP contribution is -2.31. The van der Waals surface area contributed by atoms with Gasteiger partial charge in [0.1, 0.15) is 0 Å². The van der Waals surface area contributed by atoms with Crippen LogP contribution in [0, 0.1) is 10.1 Å². The van der Waals surface area contributed by atoms with Crippen LogP contribution in [0.3, 0.4) is 0 Å². The van der Waals surface area contributed by atoms with E-state index in [9.17, 15) is 24.8 Å². The Bertz CT molecular complexity index is 1590. The van der Waals surface area contributed by atoms with Crippen LogP contribution in [0.2, 0.25) is 10.0 Å². The first kappa shape index (κ1) is 25.9. The molecule has 0 bridgehead atoms. The largest absolute Gasteiger partial charge is 0.503 e. The van der Waals surface area contributed by atoms with E-state index in [1.165, 1.54) is 54.4 Å². The number of halogens is 2. The fourth-order valence-electron chi connectivity index (χ4n) is 3.81. The molecule has 5 rings (SSSR count). The average molecular weight is 589 g/mol. The molecule has 10 nitrogen and oxygen atoms in total. The van der Waals surface area contributed by atoms with E-state index in [2.05, 4.69) is 10.2 Å². The quantitative estimate of drug-likeness (QED) is 0.0810. The number of aliphatic hydroxyl groups is 1. The molecule has 192 valence electrons. The smallest absolute Gasteiger partial charge is 0.296 e. The average Bonchev–Trinajstić information content (AvgIpc) is 3.64. The molecular formula is C24H14Cl2N4O6S2. The number of nitrogens with zero attached hydrogens (tertiary/aromatic N) is 4. The van der Waals surface area contributed by atoms with Gasteiger partial charge in [0.15, 0.2) is 15.9 Å². The molecule has 1 amide bonds. The third-order valence-electron chi connectivity index (χ3n) is 5.59. The number of nitro benzene ring substituents is 1. The number of aromatic nitrogens is 2. The van der Waals surface area contributed by atoms with Crippen LogP contribution in [-0.4, -0.2) is 31.9 Å². The summed E-state index contributed by atoms with van der Waals surface area (Å²) < 4.78 is 5.71. The Hall–Kier alpha value is -3.71. The highest BCUT2D eigenvalue weighted by Gasteiger charge is 2.46. The minimum absolute atomic E-state index is 0.0820. The topological polar surface area (TPSA) is 140 Å². The number of ketones is 1. The van der Waals surface area contributed by atoms with Crippen molar-refractivity contribution < 1.29 is 24.0 Å². The number of hydrogen-bond donors (Lipinski definition) is 1. The highest BCUT2D eigenvalue weighted by molar-refractivity contribution is 8.00. The van der Waals surface area contributed by atoms with Gasteiger partial charge < -0.3 is 9.52 Å². The Labute approximate surface area is 232 Å². The number of Topliss-reactive ketones (excluding diaryl/α,β-unsaturated/α-hetero) is 1. The summed E-state index contributed by atoms with van der Waals surface area (Å²) in [6.45, 7) is 0. The van der Waals surface area contributed by atoms with Crippen LogP contribution in [0.1, 0.15) is 27.7 Å². The number of anilines is 1. The zero-order valence-electron chi connectivity index (χ0n) is 18.9. The zero-order valence-corrected chi connectivity index (χ0v) is 22.1. The third kappa shape index (κ3) is 4.90. The molecule has 0 saturated heterocycles. The standard InChI is InChI=1S/C24H14Cl2N4O6S2/c25-14-6-3-13(16(26)10-14)11-37-24-28-27-23(38-24)29-19(12-4-7-15(8-5-12)30(34)35)18(21(32)22(29)33)20(31)17-2-1-9-36-17/h1-10,19,32H,11H2. The van der Waals surface area contributed by atoms with Crippen molar-refractivity contribution >= 4 is 68.8 Å². The number of benzene rings is 2. The summed E-state index contributed by atoms with van der Waals surface area (Å²) in [5.41, 5.74) is 0.757. The summed E-state index contributed by atoms with van der Waals surface area (Å²) in [6, 6.07) is 12.3. The highest BCUT2D eigenvalue weighted by Crippen LogP contribution is 2.44. The van der Waals surface area contributed by atoms with Gasteiger partial charge in [-0.3, -0.25) is 24.6 Å². The molecule has 0 radical (unpaired) electrons. The molecule has 1 N–H and O–H groups in total. The van der Waals surface area contributed by atoms with Gasteiger partial charge in [-0.1, -0.05) is 52.4 Å². The fraction of sp³-hybridized carbons (Fsp3) is 0.0833. The number of rotatable bonds is 8. The van der Waals surface area contributed by atoms with Crippen molar-refractivity contribution in [3.63, 3.8) is 0 Å². The van der Waals surface area contributed by atoms with E-state index in [1.807, 2.05) is 0 Å². The number of non-ortho nitro benzene ring substituents is 1. The minimum atomic E-state index is -1.13. The van der Waals surface area contributed by atoms with Crippen molar-refractivity contribution in [3.05, 3.63) is 109 Å². The van der Waals surface area contributed by atoms with Gasteiger partial charge >= 0.3 is 0 Å². The Morgan fingerprint density at radius 2 is 1.95 bits per heavy atom. The molecule has 0 spiro atoms. The second-order valence-corrected chi connectivity index (χ2v) is 10.9. The molecule has 4 aromatic rings. The summed E-state index contributed by atoms with van der Waals surface area (Å²) in [5.74, 6) is -1.97. The lowest BCUT2D eigenvalue weighted by Gasteiger charge is -2.23.